The van der Waals surface area contributed by atoms with Gasteiger partial charge < -0.3 is 5.43 Å². The number of anilines is 1. The topological polar surface area (TPSA) is 47.9 Å². The van der Waals surface area contributed by atoms with E-state index in [1.165, 1.54) is 0 Å². The third kappa shape index (κ3) is 3.03. The highest BCUT2D eigenvalue weighted by Crippen LogP contribution is 2.32. The van der Waals surface area contributed by atoms with E-state index in [9.17, 15) is 4.79 Å². The fraction of sp³-hybridized carbons (Fsp3) is 0.263. The Kier molecular flexibility index (Phi) is 4.36. The van der Waals surface area contributed by atoms with Crippen molar-refractivity contribution in [1.29, 1.82) is 0 Å². The minimum absolute atomic E-state index is 0.100. The largest absolute Gasteiger partial charge is 0.317 e. The maximum absolute atomic E-state index is 12.9. The Hall–Kier alpha value is -2.66. The summed E-state index contributed by atoms with van der Waals surface area (Å²) in [6, 6.07) is 19.2. The molecule has 0 radical (unpaired) electrons. The van der Waals surface area contributed by atoms with Crippen LogP contribution in [-0.2, 0) is 0 Å². The number of carbonyl (C=O) groups excluding carboxylic acids is 1. The Bertz CT molecular complexity index is 744. The average molecular weight is 322 g/mol. The first-order chi connectivity index (χ1) is 11.5. The van der Waals surface area contributed by atoms with Gasteiger partial charge >= 0.3 is 0 Å². The number of nitrogens with one attached hydrogen (secondary N) is 1. The Morgan fingerprint density at radius 3 is 2.33 bits per heavy atom. The molecule has 1 N–H and O–H groups in total. The molecule has 2 aromatic rings. The number of para-hydroxylation sites is 1. The van der Waals surface area contributed by atoms with Crippen molar-refractivity contribution in [2.45, 2.75) is 25.9 Å². The molecule has 0 aromatic heterocycles. The zero-order valence-electron chi connectivity index (χ0n) is 14.2. The lowest BCUT2D eigenvalue weighted by atomic mass is 10.0. The minimum atomic E-state index is -0.577. The van der Waals surface area contributed by atoms with Crippen LogP contribution in [0.1, 0.15) is 30.6 Å². The second-order valence-corrected chi connectivity index (χ2v) is 6.25. The van der Waals surface area contributed by atoms with Crippen molar-refractivity contribution in [2.75, 3.05) is 12.5 Å². The van der Waals surface area contributed by atoms with E-state index in [-0.39, 0.29) is 5.91 Å². The predicted octanol–water partition coefficient (Wildman–Crippen LogP) is 3.58. The number of benzene rings is 2. The minimum Gasteiger partial charge on any atom is -0.317 e. The maximum Gasteiger partial charge on any atom is 0.275 e. The molecule has 1 aliphatic heterocycles. The van der Waals surface area contributed by atoms with Gasteiger partial charge in [-0.25, -0.2) is 5.01 Å². The zero-order valence-corrected chi connectivity index (χ0v) is 14.2. The van der Waals surface area contributed by atoms with Gasteiger partial charge in [0, 0.05) is 30.4 Å². The highest BCUT2D eigenvalue weighted by Gasteiger charge is 2.44. The van der Waals surface area contributed by atoms with Crippen molar-refractivity contribution >= 4 is 17.3 Å². The molecule has 2 aromatic carbocycles. The van der Waals surface area contributed by atoms with Crippen molar-refractivity contribution in [3.8, 4) is 0 Å². The predicted molar refractivity (Wildman–Crippen MR) is 96.6 cm³/mol. The van der Waals surface area contributed by atoms with E-state index < -0.39 is 5.66 Å². The Morgan fingerprint density at radius 1 is 1.12 bits per heavy atom. The van der Waals surface area contributed by atoms with Gasteiger partial charge in [-0.15, -0.1) is 0 Å². The molecule has 1 atom stereocenters. The second kappa shape index (κ2) is 6.45. The third-order valence-electron chi connectivity index (χ3n) is 4.32. The molecule has 1 aliphatic rings. The van der Waals surface area contributed by atoms with Crippen LogP contribution in [0.4, 0.5) is 5.69 Å². The van der Waals surface area contributed by atoms with Crippen LogP contribution in [-0.4, -0.2) is 34.3 Å². The van der Waals surface area contributed by atoms with Crippen molar-refractivity contribution in [3.05, 3.63) is 66.2 Å². The van der Waals surface area contributed by atoms with Crippen LogP contribution in [0.25, 0.3) is 0 Å². The number of nitrogens with zero attached hydrogens (tertiary/aromatic N) is 3. The molecular formula is C19H22N4O. The molecule has 1 heterocycles. The SMILES string of the molecule is CC1=NN(C(=O)c2ccccc2)C(C)(N(C)Nc2ccccc2)C1. The molecule has 0 fully saturated rings. The molecule has 0 saturated carbocycles. The first-order valence-corrected chi connectivity index (χ1v) is 8.00. The van der Waals surface area contributed by atoms with Gasteiger partial charge in [-0.1, -0.05) is 36.4 Å². The highest BCUT2D eigenvalue weighted by molar-refractivity contribution is 5.97. The lowest BCUT2D eigenvalue weighted by molar-refractivity contribution is 0.00872. The van der Waals surface area contributed by atoms with Crippen LogP contribution in [0.15, 0.2) is 65.8 Å². The van der Waals surface area contributed by atoms with Gasteiger partial charge in [0.1, 0.15) is 5.66 Å². The summed E-state index contributed by atoms with van der Waals surface area (Å²) < 4.78 is 0. The molecule has 0 bridgehead atoms. The Labute approximate surface area is 142 Å². The molecular weight excluding hydrogens is 300 g/mol. The molecule has 1 unspecified atom stereocenters. The van der Waals surface area contributed by atoms with E-state index in [4.69, 9.17) is 0 Å². The van der Waals surface area contributed by atoms with Crippen LogP contribution in [0.2, 0.25) is 0 Å². The van der Waals surface area contributed by atoms with Crippen molar-refractivity contribution < 1.29 is 4.79 Å². The average Bonchev–Trinajstić information content (AvgIpc) is 2.92. The summed E-state index contributed by atoms with van der Waals surface area (Å²) in [6.45, 7) is 3.97. The fourth-order valence-corrected chi connectivity index (χ4v) is 2.93. The Balaban J connectivity index is 1.86. The van der Waals surface area contributed by atoms with Crippen LogP contribution >= 0.6 is 0 Å². The van der Waals surface area contributed by atoms with Gasteiger partial charge in [0.25, 0.3) is 5.91 Å². The van der Waals surface area contributed by atoms with E-state index in [2.05, 4.69) is 10.5 Å². The maximum atomic E-state index is 12.9. The molecule has 0 spiro atoms. The Morgan fingerprint density at radius 2 is 1.71 bits per heavy atom. The van der Waals surface area contributed by atoms with Crippen LogP contribution in [0.5, 0.6) is 0 Å². The normalized spacial score (nSPS) is 20.2. The standard InChI is InChI=1S/C19H22N4O/c1-15-14-19(2,22(3)21-17-12-8-5-9-13-17)23(20-15)18(24)16-10-6-4-7-11-16/h4-13,21H,14H2,1-3H3. The monoisotopic (exact) mass is 322 g/mol. The van der Waals surface area contributed by atoms with Gasteiger partial charge in [0.15, 0.2) is 0 Å². The zero-order chi connectivity index (χ0) is 17.2. The van der Waals surface area contributed by atoms with E-state index in [0.717, 1.165) is 11.4 Å². The smallest absolute Gasteiger partial charge is 0.275 e. The van der Waals surface area contributed by atoms with Gasteiger partial charge in [0.2, 0.25) is 0 Å². The summed E-state index contributed by atoms with van der Waals surface area (Å²) in [4.78, 5) is 12.9. The first kappa shape index (κ1) is 16.2. The van der Waals surface area contributed by atoms with Crippen LogP contribution in [0.3, 0.4) is 0 Å². The van der Waals surface area contributed by atoms with Gasteiger partial charge in [-0.3, -0.25) is 4.79 Å². The van der Waals surface area contributed by atoms with Gasteiger partial charge in [0.05, 0.1) is 0 Å². The van der Waals surface area contributed by atoms with E-state index in [1.807, 2.05) is 86.6 Å². The highest BCUT2D eigenvalue weighted by atomic mass is 16.2. The molecule has 1 amide bonds. The van der Waals surface area contributed by atoms with E-state index in [1.54, 1.807) is 5.01 Å². The van der Waals surface area contributed by atoms with Crippen molar-refractivity contribution in [3.63, 3.8) is 0 Å². The number of hydrazone groups is 1. The van der Waals surface area contributed by atoms with E-state index >= 15 is 0 Å². The molecule has 0 saturated heterocycles. The third-order valence-corrected chi connectivity index (χ3v) is 4.32. The summed E-state index contributed by atoms with van der Waals surface area (Å²) >= 11 is 0. The summed E-state index contributed by atoms with van der Waals surface area (Å²) in [6.07, 6.45) is 0.682. The summed E-state index contributed by atoms with van der Waals surface area (Å²) in [5, 5.41) is 8.02. The number of rotatable bonds is 4. The second-order valence-electron chi connectivity index (χ2n) is 6.25. The number of hydrogen-bond acceptors (Lipinski definition) is 4. The van der Waals surface area contributed by atoms with Crippen molar-refractivity contribution in [2.24, 2.45) is 5.10 Å². The molecule has 124 valence electrons. The molecule has 3 rings (SSSR count). The van der Waals surface area contributed by atoms with Crippen LogP contribution in [0, 0.1) is 0 Å². The van der Waals surface area contributed by atoms with Gasteiger partial charge in [-0.05, 0) is 38.1 Å². The van der Waals surface area contributed by atoms with Crippen LogP contribution < -0.4 is 5.43 Å². The number of carbonyl (C=O) groups is 1. The quantitative estimate of drug-likeness (QED) is 0.875. The number of hydrogen-bond donors (Lipinski definition) is 1. The van der Waals surface area contributed by atoms with Crippen molar-refractivity contribution in [1.82, 2.24) is 10.0 Å². The van der Waals surface area contributed by atoms with E-state index in [0.29, 0.717) is 12.0 Å². The number of hydrazine groups is 1. The fourth-order valence-electron chi connectivity index (χ4n) is 2.93. The summed E-state index contributed by atoms with van der Waals surface area (Å²) in [5.41, 5.74) is 5.31. The molecule has 0 aliphatic carbocycles. The summed E-state index contributed by atoms with van der Waals surface area (Å²) in [5.74, 6) is -0.100. The number of amides is 1. The lowest BCUT2D eigenvalue weighted by Gasteiger charge is -2.41. The first-order valence-electron chi connectivity index (χ1n) is 8.00. The molecule has 24 heavy (non-hydrogen) atoms. The lowest BCUT2D eigenvalue weighted by Crippen LogP contribution is -2.57. The van der Waals surface area contributed by atoms with Gasteiger partial charge in [-0.2, -0.15) is 10.1 Å². The molecule has 5 nitrogen and oxygen atoms in total. The molecule has 5 heteroatoms. The summed E-state index contributed by atoms with van der Waals surface area (Å²) in [7, 11) is 1.94.